The number of rotatable bonds is 5. The monoisotopic (exact) mass is 383 g/mol. The molecule has 0 bridgehead atoms. The summed E-state index contributed by atoms with van der Waals surface area (Å²) in [5.74, 6) is 0.442. The van der Waals surface area contributed by atoms with E-state index in [1.807, 2.05) is 24.3 Å². The van der Waals surface area contributed by atoms with E-state index in [4.69, 9.17) is 39.9 Å². The van der Waals surface area contributed by atoms with Crippen molar-refractivity contribution in [1.29, 1.82) is 0 Å². The number of para-hydroxylation sites is 1. The van der Waals surface area contributed by atoms with Gasteiger partial charge in [0.2, 0.25) is 5.82 Å². The summed E-state index contributed by atoms with van der Waals surface area (Å²) in [6, 6.07) is 10.9. The van der Waals surface area contributed by atoms with Gasteiger partial charge in [0, 0.05) is 16.9 Å². The summed E-state index contributed by atoms with van der Waals surface area (Å²) in [6.07, 6.45) is 0. The second-order valence-corrected chi connectivity index (χ2v) is 6.05. The van der Waals surface area contributed by atoms with Gasteiger partial charge in [-0.05, 0) is 29.5 Å². The van der Waals surface area contributed by atoms with Crippen LogP contribution in [0.5, 0.6) is 0 Å². The predicted molar refractivity (Wildman–Crippen MR) is 95.1 cm³/mol. The van der Waals surface area contributed by atoms with Crippen LogP contribution in [0.25, 0.3) is 11.4 Å². The maximum atomic E-state index is 8.95. The third-order valence-electron chi connectivity index (χ3n) is 3.18. The fourth-order valence-electron chi connectivity index (χ4n) is 2.11. The van der Waals surface area contributed by atoms with Crippen LogP contribution in [0.4, 0.5) is 11.4 Å². The minimum Gasteiger partial charge on any atom is -0.394 e. The predicted octanol–water partition coefficient (Wildman–Crippen LogP) is 4.04. The van der Waals surface area contributed by atoms with Gasteiger partial charge in [-0.3, -0.25) is 0 Å². The third-order valence-corrected chi connectivity index (χ3v) is 4.38. The molecule has 0 aliphatic rings. The van der Waals surface area contributed by atoms with Gasteiger partial charge in [-0.15, -0.1) is 10.2 Å². The Bertz CT molecular complexity index is 845. The number of aliphatic hydroxyl groups is 1. The van der Waals surface area contributed by atoms with Crippen LogP contribution in [-0.4, -0.2) is 31.9 Å². The Morgan fingerprint density at radius 1 is 1.08 bits per heavy atom. The first-order valence-electron chi connectivity index (χ1n) is 6.98. The standard InChI is InChI=1S/C15H12Cl3N5O/c16-11-7-9(8-12(17)14(11)18)19-13-4-2-1-3-10(13)15-20-22-23(21-15)5-6-24/h1-4,7-8,19,24H,5-6H2. The molecule has 124 valence electrons. The van der Waals surface area contributed by atoms with Crippen LogP contribution in [0.3, 0.4) is 0 Å². The lowest BCUT2D eigenvalue weighted by Gasteiger charge is -2.11. The lowest BCUT2D eigenvalue weighted by molar-refractivity contribution is 0.259. The molecule has 1 heterocycles. The molecule has 3 rings (SSSR count). The van der Waals surface area contributed by atoms with Crippen LogP contribution in [0.1, 0.15) is 0 Å². The highest BCUT2D eigenvalue weighted by Gasteiger charge is 2.12. The molecule has 1 aromatic heterocycles. The molecular formula is C15H12Cl3N5O. The van der Waals surface area contributed by atoms with E-state index in [0.29, 0.717) is 26.6 Å². The summed E-state index contributed by atoms with van der Waals surface area (Å²) in [7, 11) is 0. The van der Waals surface area contributed by atoms with E-state index in [-0.39, 0.29) is 13.2 Å². The number of aliphatic hydroxyl groups excluding tert-OH is 1. The van der Waals surface area contributed by atoms with Gasteiger partial charge in [-0.2, -0.15) is 4.80 Å². The molecule has 0 saturated heterocycles. The third kappa shape index (κ3) is 3.62. The van der Waals surface area contributed by atoms with E-state index < -0.39 is 0 Å². The van der Waals surface area contributed by atoms with E-state index >= 15 is 0 Å². The number of hydrogen-bond donors (Lipinski definition) is 2. The van der Waals surface area contributed by atoms with Gasteiger partial charge in [0.1, 0.15) is 0 Å². The number of anilines is 2. The summed E-state index contributed by atoms with van der Waals surface area (Å²) in [5, 5.41) is 25.4. The highest BCUT2D eigenvalue weighted by molar-refractivity contribution is 6.48. The Balaban J connectivity index is 1.94. The molecule has 0 radical (unpaired) electrons. The van der Waals surface area contributed by atoms with Crippen molar-refractivity contribution in [3.8, 4) is 11.4 Å². The van der Waals surface area contributed by atoms with Crippen molar-refractivity contribution in [3.63, 3.8) is 0 Å². The van der Waals surface area contributed by atoms with Crippen molar-refractivity contribution in [2.45, 2.75) is 6.54 Å². The van der Waals surface area contributed by atoms with Crippen molar-refractivity contribution >= 4 is 46.2 Å². The molecule has 0 unspecified atom stereocenters. The largest absolute Gasteiger partial charge is 0.394 e. The minimum absolute atomic E-state index is 0.0581. The van der Waals surface area contributed by atoms with Gasteiger partial charge in [0.05, 0.1) is 28.2 Å². The van der Waals surface area contributed by atoms with Crippen LogP contribution in [-0.2, 0) is 6.54 Å². The van der Waals surface area contributed by atoms with Gasteiger partial charge in [0.15, 0.2) is 0 Å². The normalized spacial score (nSPS) is 10.8. The first-order chi connectivity index (χ1) is 11.6. The molecule has 2 N–H and O–H groups in total. The van der Waals surface area contributed by atoms with Crippen molar-refractivity contribution < 1.29 is 5.11 Å². The summed E-state index contributed by atoms with van der Waals surface area (Å²) >= 11 is 18.1. The second kappa shape index (κ2) is 7.36. The van der Waals surface area contributed by atoms with Crippen LogP contribution in [0.2, 0.25) is 15.1 Å². The number of nitrogens with one attached hydrogen (secondary N) is 1. The Kier molecular flexibility index (Phi) is 5.20. The number of nitrogens with zero attached hydrogens (tertiary/aromatic N) is 4. The highest BCUT2D eigenvalue weighted by Crippen LogP contribution is 2.35. The molecule has 0 fully saturated rings. The van der Waals surface area contributed by atoms with Crippen LogP contribution in [0.15, 0.2) is 36.4 Å². The summed E-state index contributed by atoms with van der Waals surface area (Å²) < 4.78 is 0. The molecule has 24 heavy (non-hydrogen) atoms. The van der Waals surface area contributed by atoms with Crippen molar-refractivity contribution in [1.82, 2.24) is 20.2 Å². The Morgan fingerprint density at radius 2 is 1.79 bits per heavy atom. The first kappa shape index (κ1) is 17.0. The average molecular weight is 385 g/mol. The number of hydrogen-bond acceptors (Lipinski definition) is 5. The fourth-order valence-corrected chi connectivity index (χ4v) is 2.70. The molecule has 0 aliphatic carbocycles. The number of halogens is 3. The van der Waals surface area contributed by atoms with Crippen LogP contribution < -0.4 is 5.32 Å². The molecule has 2 aromatic carbocycles. The zero-order valence-corrected chi connectivity index (χ0v) is 14.5. The Morgan fingerprint density at radius 3 is 2.50 bits per heavy atom. The lowest BCUT2D eigenvalue weighted by atomic mass is 10.1. The van der Waals surface area contributed by atoms with Gasteiger partial charge in [-0.25, -0.2) is 0 Å². The maximum absolute atomic E-state index is 8.95. The zero-order chi connectivity index (χ0) is 17.1. The highest BCUT2D eigenvalue weighted by atomic mass is 35.5. The van der Waals surface area contributed by atoms with Crippen LogP contribution >= 0.6 is 34.8 Å². The van der Waals surface area contributed by atoms with Gasteiger partial charge in [-0.1, -0.05) is 46.9 Å². The van der Waals surface area contributed by atoms with E-state index in [9.17, 15) is 0 Å². The molecule has 6 nitrogen and oxygen atoms in total. The smallest absolute Gasteiger partial charge is 0.207 e. The fraction of sp³-hybridized carbons (Fsp3) is 0.133. The lowest BCUT2D eigenvalue weighted by Crippen LogP contribution is -2.05. The topological polar surface area (TPSA) is 75.9 Å². The van der Waals surface area contributed by atoms with Gasteiger partial charge >= 0.3 is 0 Å². The SMILES string of the molecule is OCCn1nnc(-c2ccccc2Nc2cc(Cl)c(Cl)c(Cl)c2)n1. The molecule has 0 atom stereocenters. The number of aromatic nitrogens is 4. The van der Waals surface area contributed by atoms with E-state index in [0.717, 1.165) is 11.3 Å². The molecule has 0 spiro atoms. The average Bonchev–Trinajstić information content (AvgIpc) is 3.02. The molecule has 9 heteroatoms. The van der Waals surface area contributed by atoms with Crippen molar-refractivity contribution in [2.24, 2.45) is 0 Å². The van der Waals surface area contributed by atoms with E-state index in [1.54, 1.807) is 12.1 Å². The summed E-state index contributed by atoms with van der Waals surface area (Å²) in [5.41, 5.74) is 2.20. The quantitative estimate of drug-likeness (QED) is 0.649. The molecule has 0 saturated carbocycles. The maximum Gasteiger partial charge on any atom is 0.207 e. The number of tetrazole rings is 1. The van der Waals surface area contributed by atoms with Gasteiger partial charge in [0.25, 0.3) is 0 Å². The molecule has 3 aromatic rings. The molecular weight excluding hydrogens is 373 g/mol. The molecule has 0 aliphatic heterocycles. The first-order valence-corrected chi connectivity index (χ1v) is 8.11. The van der Waals surface area contributed by atoms with E-state index in [1.165, 1.54) is 4.80 Å². The Hall–Kier alpha value is -1.86. The zero-order valence-electron chi connectivity index (χ0n) is 12.2. The van der Waals surface area contributed by atoms with Crippen LogP contribution in [0, 0.1) is 0 Å². The summed E-state index contributed by atoms with van der Waals surface area (Å²) in [4.78, 5) is 1.34. The minimum atomic E-state index is -0.0581. The van der Waals surface area contributed by atoms with Gasteiger partial charge < -0.3 is 10.4 Å². The molecule has 0 amide bonds. The summed E-state index contributed by atoms with van der Waals surface area (Å²) in [6.45, 7) is 0.225. The number of benzene rings is 2. The second-order valence-electron chi connectivity index (χ2n) is 4.86. The Labute approximate surface area is 153 Å². The van der Waals surface area contributed by atoms with Crippen molar-refractivity contribution in [2.75, 3.05) is 11.9 Å². The van der Waals surface area contributed by atoms with E-state index in [2.05, 4.69) is 20.7 Å². The van der Waals surface area contributed by atoms with Crippen molar-refractivity contribution in [3.05, 3.63) is 51.5 Å².